The van der Waals surface area contributed by atoms with Crippen molar-refractivity contribution in [1.29, 1.82) is 0 Å². The van der Waals surface area contributed by atoms with Crippen molar-refractivity contribution in [2.75, 3.05) is 0 Å². The van der Waals surface area contributed by atoms with Crippen LogP contribution < -0.4 is 5.32 Å². The molecule has 2 aliphatic heterocycles. The molecule has 0 saturated carbocycles. The van der Waals surface area contributed by atoms with E-state index >= 15 is 0 Å². The van der Waals surface area contributed by atoms with Crippen LogP contribution in [0.1, 0.15) is 32.4 Å². The summed E-state index contributed by atoms with van der Waals surface area (Å²) < 4.78 is 35.5. The fourth-order valence-electron chi connectivity index (χ4n) is 4.25. The van der Waals surface area contributed by atoms with E-state index in [1.165, 1.54) is 6.08 Å². The third kappa shape index (κ3) is 4.39. The summed E-state index contributed by atoms with van der Waals surface area (Å²) in [7, 11) is 0. The Morgan fingerprint density at radius 2 is 2.06 bits per heavy atom. The Bertz CT molecular complexity index is 1040. The summed E-state index contributed by atoms with van der Waals surface area (Å²) in [5.41, 5.74) is 1.33. The molecule has 3 amide bonds. The van der Waals surface area contributed by atoms with Gasteiger partial charge in [-0.15, -0.1) is 8.78 Å². The number of carbonyl (C=O) groups is 3. The molecular weight excluding hydrogens is 440 g/mol. The van der Waals surface area contributed by atoms with E-state index in [0.29, 0.717) is 17.0 Å². The number of halogens is 2. The maximum Gasteiger partial charge on any atom is 0.585 e. The molecule has 0 aromatic carbocycles. The number of aliphatic carboxylic acids is 1. The first-order valence-corrected chi connectivity index (χ1v) is 10.5. The summed E-state index contributed by atoms with van der Waals surface area (Å²) >= 11 is 0. The van der Waals surface area contributed by atoms with Crippen molar-refractivity contribution in [3.8, 4) is 0 Å². The standard InChI is InChI=1S/C22H23F2N3O6/c1-11(13-6-7-16-17(9-13)33-22(23,24)32-16)12(2)26-21(31)27-18(20(29)30)15(19(27)28)10-14-5-3-4-8-25-14/h3-5,8-9,11-12,15,18H,6-7,10H2,1-2H3,(H,26,31)(H,29,30)/t11?,12-,15-,18+/m1/s1. The number of ether oxygens (including phenoxy) is 2. The van der Waals surface area contributed by atoms with E-state index < -0.39 is 42.2 Å². The molecule has 3 aliphatic rings. The summed E-state index contributed by atoms with van der Waals surface area (Å²) in [5.74, 6) is -2.99. The van der Waals surface area contributed by atoms with Crippen LogP contribution >= 0.6 is 0 Å². The number of amides is 3. The molecule has 2 N–H and O–H groups in total. The van der Waals surface area contributed by atoms with Gasteiger partial charge in [-0.3, -0.25) is 9.78 Å². The number of rotatable bonds is 6. The minimum absolute atomic E-state index is 0.0344. The van der Waals surface area contributed by atoms with Crippen LogP contribution in [0.4, 0.5) is 13.6 Å². The lowest BCUT2D eigenvalue weighted by Gasteiger charge is -2.43. The zero-order chi connectivity index (χ0) is 23.9. The molecule has 176 valence electrons. The Morgan fingerprint density at radius 3 is 2.73 bits per heavy atom. The SMILES string of the molecule is CC(C1=CC2=C(CC1)OC(F)(F)O2)[C@@H](C)NC(=O)N1C(=O)[C@H](Cc2ccccn2)[C@H]1C(=O)O. The van der Waals surface area contributed by atoms with Gasteiger partial charge in [0.15, 0.2) is 11.8 Å². The summed E-state index contributed by atoms with van der Waals surface area (Å²) in [4.78, 5) is 42.0. The zero-order valence-corrected chi connectivity index (χ0v) is 18.0. The third-order valence-corrected chi connectivity index (χ3v) is 6.23. The van der Waals surface area contributed by atoms with E-state index in [4.69, 9.17) is 0 Å². The maximum absolute atomic E-state index is 13.3. The molecule has 0 radical (unpaired) electrons. The van der Waals surface area contributed by atoms with Crippen molar-refractivity contribution in [2.45, 2.75) is 51.5 Å². The number of hydrogen-bond acceptors (Lipinski definition) is 6. The molecule has 0 bridgehead atoms. The summed E-state index contributed by atoms with van der Waals surface area (Å²) in [5, 5.41) is 12.3. The van der Waals surface area contributed by atoms with Crippen molar-refractivity contribution in [2.24, 2.45) is 11.8 Å². The molecule has 3 heterocycles. The monoisotopic (exact) mass is 463 g/mol. The van der Waals surface area contributed by atoms with E-state index in [1.807, 2.05) is 0 Å². The Balaban J connectivity index is 1.40. The number of carboxylic acids is 1. The van der Waals surface area contributed by atoms with Gasteiger partial charge >= 0.3 is 18.3 Å². The quantitative estimate of drug-likeness (QED) is 0.623. The highest BCUT2D eigenvalue weighted by Crippen LogP contribution is 2.41. The van der Waals surface area contributed by atoms with Gasteiger partial charge in [0, 0.05) is 30.8 Å². The molecule has 4 rings (SSSR count). The van der Waals surface area contributed by atoms with Crippen LogP contribution in [0.3, 0.4) is 0 Å². The van der Waals surface area contributed by atoms with Crippen molar-refractivity contribution in [3.63, 3.8) is 0 Å². The van der Waals surface area contributed by atoms with E-state index in [9.17, 15) is 28.3 Å². The molecule has 33 heavy (non-hydrogen) atoms. The van der Waals surface area contributed by atoms with Gasteiger partial charge in [0.1, 0.15) is 5.76 Å². The molecule has 1 saturated heterocycles. The molecule has 11 heteroatoms. The smallest absolute Gasteiger partial charge is 0.480 e. The van der Waals surface area contributed by atoms with Gasteiger partial charge in [0.2, 0.25) is 5.91 Å². The summed E-state index contributed by atoms with van der Waals surface area (Å²) in [6.45, 7) is 3.49. The first kappa shape index (κ1) is 22.7. The number of pyridine rings is 1. The van der Waals surface area contributed by atoms with Crippen LogP contribution in [-0.4, -0.2) is 51.3 Å². The first-order chi connectivity index (χ1) is 15.6. The number of carbonyl (C=O) groups excluding carboxylic acids is 2. The van der Waals surface area contributed by atoms with Crippen molar-refractivity contribution in [1.82, 2.24) is 15.2 Å². The molecule has 1 aromatic rings. The Kier molecular flexibility index (Phi) is 5.81. The fourth-order valence-corrected chi connectivity index (χ4v) is 4.25. The average Bonchev–Trinajstić information content (AvgIpc) is 3.08. The van der Waals surface area contributed by atoms with Crippen molar-refractivity contribution >= 4 is 17.9 Å². The van der Waals surface area contributed by atoms with E-state index in [2.05, 4.69) is 19.8 Å². The number of aromatic nitrogens is 1. The van der Waals surface area contributed by atoms with E-state index in [-0.39, 0.29) is 30.3 Å². The van der Waals surface area contributed by atoms with Crippen LogP contribution in [0, 0.1) is 11.8 Å². The molecule has 0 spiro atoms. The zero-order valence-electron chi connectivity index (χ0n) is 18.0. The van der Waals surface area contributed by atoms with Crippen LogP contribution in [-0.2, 0) is 25.5 Å². The number of allylic oxidation sites excluding steroid dienone is 2. The van der Waals surface area contributed by atoms with Crippen molar-refractivity contribution < 1.29 is 37.7 Å². The Morgan fingerprint density at radius 1 is 1.30 bits per heavy atom. The van der Waals surface area contributed by atoms with Gasteiger partial charge in [-0.1, -0.05) is 18.6 Å². The molecular formula is C22H23F2N3O6. The number of urea groups is 1. The Labute approximate surface area is 188 Å². The molecule has 4 atom stereocenters. The van der Waals surface area contributed by atoms with Crippen LogP contribution in [0.5, 0.6) is 0 Å². The normalized spacial score (nSPS) is 25.2. The number of likely N-dealkylation sites (tertiary alicyclic amines) is 1. The van der Waals surface area contributed by atoms with Crippen LogP contribution in [0.25, 0.3) is 0 Å². The van der Waals surface area contributed by atoms with Gasteiger partial charge in [-0.25, -0.2) is 14.5 Å². The number of hydrogen-bond donors (Lipinski definition) is 2. The van der Waals surface area contributed by atoms with Gasteiger partial charge in [0.25, 0.3) is 0 Å². The minimum atomic E-state index is -3.69. The number of nitrogens with one attached hydrogen (secondary N) is 1. The highest BCUT2D eigenvalue weighted by Gasteiger charge is 2.55. The topological polar surface area (TPSA) is 118 Å². The third-order valence-electron chi connectivity index (χ3n) is 6.23. The lowest BCUT2D eigenvalue weighted by Crippen LogP contribution is -2.69. The summed E-state index contributed by atoms with van der Waals surface area (Å²) in [6.07, 6.45) is 0.128. The average molecular weight is 463 g/mol. The van der Waals surface area contributed by atoms with E-state index in [1.54, 1.807) is 38.2 Å². The maximum atomic E-state index is 13.3. The van der Waals surface area contributed by atoms with Gasteiger partial charge < -0.3 is 19.9 Å². The lowest BCUT2D eigenvalue weighted by molar-refractivity contribution is -0.336. The number of alkyl halides is 2. The summed E-state index contributed by atoms with van der Waals surface area (Å²) in [6, 6.07) is 2.51. The molecule has 1 fully saturated rings. The van der Waals surface area contributed by atoms with E-state index in [0.717, 1.165) is 5.57 Å². The van der Waals surface area contributed by atoms with Crippen LogP contribution in [0.15, 0.2) is 47.6 Å². The van der Waals surface area contributed by atoms with Gasteiger partial charge in [0.05, 0.1) is 5.92 Å². The van der Waals surface area contributed by atoms with Crippen LogP contribution in [0.2, 0.25) is 0 Å². The highest BCUT2D eigenvalue weighted by atomic mass is 19.3. The number of nitrogens with zero attached hydrogens (tertiary/aromatic N) is 2. The largest absolute Gasteiger partial charge is 0.585 e. The number of carboxylic acid groups (broad SMARTS) is 1. The fraction of sp³-hybridized carbons (Fsp3) is 0.455. The first-order valence-electron chi connectivity index (χ1n) is 10.5. The molecule has 1 aromatic heterocycles. The molecule has 1 unspecified atom stereocenters. The second kappa shape index (κ2) is 8.45. The predicted octanol–water partition coefficient (Wildman–Crippen LogP) is 2.80. The van der Waals surface area contributed by atoms with Crippen molar-refractivity contribution in [3.05, 3.63) is 53.3 Å². The minimum Gasteiger partial charge on any atom is -0.480 e. The number of imide groups is 1. The van der Waals surface area contributed by atoms with Gasteiger partial charge in [-0.05, 0) is 37.5 Å². The lowest BCUT2D eigenvalue weighted by atomic mass is 9.83. The number of β-lactam (4-membered cyclic amide) rings is 1. The second-order valence-electron chi connectivity index (χ2n) is 8.32. The Hall–Kier alpha value is -3.50. The highest BCUT2D eigenvalue weighted by molar-refractivity contribution is 6.07. The second-order valence-corrected chi connectivity index (χ2v) is 8.32. The van der Waals surface area contributed by atoms with Gasteiger partial charge in [-0.2, -0.15) is 0 Å². The molecule has 1 aliphatic carbocycles. The molecule has 9 nitrogen and oxygen atoms in total. The predicted molar refractivity (Wildman–Crippen MR) is 108 cm³/mol.